The summed E-state index contributed by atoms with van der Waals surface area (Å²) in [7, 11) is 1.74. The van der Waals surface area contributed by atoms with Crippen molar-refractivity contribution in [3.8, 4) is 0 Å². The molecule has 2 N–H and O–H groups in total. The van der Waals surface area contributed by atoms with Crippen molar-refractivity contribution >= 4 is 5.91 Å². The van der Waals surface area contributed by atoms with E-state index in [9.17, 15) is 4.79 Å². The van der Waals surface area contributed by atoms with Crippen LogP contribution in [0.3, 0.4) is 0 Å². The van der Waals surface area contributed by atoms with Crippen molar-refractivity contribution in [3.63, 3.8) is 0 Å². The molecule has 1 amide bonds. The van der Waals surface area contributed by atoms with E-state index < -0.39 is 0 Å². The Bertz CT molecular complexity index is 147. The van der Waals surface area contributed by atoms with Crippen LogP contribution in [-0.4, -0.2) is 48.7 Å². The summed E-state index contributed by atoms with van der Waals surface area (Å²) < 4.78 is 0. The monoisotopic (exact) mass is 158 g/mol. The summed E-state index contributed by atoms with van der Waals surface area (Å²) in [5.41, 5.74) is 0. The topological polar surface area (TPSA) is 52.6 Å². The minimum absolute atomic E-state index is 0.0795. The number of aliphatic hydroxyl groups excluding tert-OH is 1. The van der Waals surface area contributed by atoms with Crippen LogP contribution in [0.1, 0.15) is 6.42 Å². The van der Waals surface area contributed by atoms with Crippen LogP contribution in [0.25, 0.3) is 0 Å². The van der Waals surface area contributed by atoms with Crippen LogP contribution < -0.4 is 5.32 Å². The molecule has 1 heterocycles. The molecule has 1 aliphatic rings. The van der Waals surface area contributed by atoms with E-state index in [4.69, 9.17) is 5.11 Å². The maximum absolute atomic E-state index is 11.1. The minimum atomic E-state index is 0.0795. The number of likely N-dealkylation sites (N-methyl/N-ethyl adjacent to an activating group) is 1. The number of hydrogen-bond donors (Lipinski definition) is 2. The van der Waals surface area contributed by atoms with Gasteiger partial charge in [0, 0.05) is 6.54 Å². The van der Waals surface area contributed by atoms with Gasteiger partial charge in [-0.3, -0.25) is 4.79 Å². The number of aliphatic hydroxyl groups is 1. The highest BCUT2D eigenvalue weighted by Crippen LogP contribution is 2.15. The van der Waals surface area contributed by atoms with Crippen LogP contribution in [0.4, 0.5) is 0 Å². The zero-order valence-corrected chi connectivity index (χ0v) is 6.71. The van der Waals surface area contributed by atoms with Gasteiger partial charge in [-0.05, 0) is 13.5 Å². The molecule has 64 valence electrons. The molecule has 1 aliphatic heterocycles. The Morgan fingerprint density at radius 3 is 2.91 bits per heavy atom. The van der Waals surface area contributed by atoms with E-state index in [1.165, 1.54) is 0 Å². The van der Waals surface area contributed by atoms with Gasteiger partial charge in [0.1, 0.15) is 0 Å². The fourth-order valence-electron chi connectivity index (χ4n) is 1.21. The normalized spacial score (nSPS) is 23.1. The second-order valence-corrected chi connectivity index (χ2v) is 2.74. The van der Waals surface area contributed by atoms with Gasteiger partial charge in [-0.15, -0.1) is 0 Å². The van der Waals surface area contributed by atoms with E-state index >= 15 is 0 Å². The summed E-state index contributed by atoms with van der Waals surface area (Å²) >= 11 is 0. The maximum Gasteiger partial charge on any atom is 0.236 e. The number of likely N-dealkylation sites (tertiary alicyclic amines) is 1. The van der Waals surface area contributed by atoms with Crippen molar-refractivity contribution < 1.29 is 9.90 Å². The SMILES string of the molecule is CNCC(=O)N1CCC1CO. The van der Waals surface area contributed by atoms with Crippen molar-refractivity contribution in [2.24, 2.45) is 0 Å². The molecule has 0 spiro atoms. The summed E-state index contributed by atoms with van der Waals surface area (Å²) in [6.45, 7) is 1.26. The zero-order chi connectivity index (χ0) is 8.27. The number of hydrogen-bond acceptors (Lipinski definition) is 3. The molecule has 1 rings (SSSR count). The van der Waals surface area contributed by atoms with Gasteiger partial charge >= 0.3 is 0 Å². The third-order valence-electron chi connectivity index (χ3n) is 2.00. The summed E-state index contributed by atoms with van der Waals surface area (Å²) in [6, 6.07) is 0.0795. The molecule has 1 unspecified atom stereocenters. The second kappa shape index (κ2) is 3.69. The first-order chi connectivity index (χ1) is 5.29. The lowest BCUT2D eigenvalue weighted by atomic mass is 10.0. The molecular formula is C7H14N2O2. The second-order valence-electron chi connectivity index (χ2n) is 2.74. The van der Waals surface area contributed by atoms with Crippen molar-refractivity contribution in [2.75, 3.05) is 26.7 Å². The van der Waals surface area contributed by atoms with E-state index in [0.29, 0.717) is 6.54 Å². The number of nitrogens with one attached hydrogen (secondary N) is 1. The summed E-state index contributed by atoms with van der Waals surface area (Å²) in [6.07, 6.45) is 0.936. The number of amides is 1. The third kappa shape index (κ3) is 1.70. The van der Waals surface area contributed by atoms with E-state index in [1.54, 1.807) is 11.9 Å². The minimum Gasteiger partial charge on any atom is -0.394 e. The molecule has 1 atom stereocenters. The van der Waals surface area contributed by atoms with Crippen molar-refractivity contribution in [2.45, 2.75) is 12.5 Å². The average molecular weight is 158 g/mol. The van der Waals surface area contributed by atoms with E-state index in [1.807, 2.05) is 0 Å². The van der Waals surface area contributed by atoms with Crippen LogP contribution in [-0.2, 0) is 4.79 Å². The number of carbonyl (C=O) groups is 1. The Balaban J connectivity index is 2.30. The van der Waals surface area contributed by atoms with Crippen molar-refractivity contribution in [1.29, 1.82) is 0 Å². The molecule has 11 heavy (non-hydrogen) atoms. The van der Waals surface area contributed by atoms with Crippen LogP contribution in [0.15, 0.2) is 0 Å². The molecule has 1 fully saturated rings. The van der Waals surface area contributed by atoms with Gasteiger partial charge in [0.2, 0.25) is 5.91 Å². The van der Waals surface area contributed by atoms with Crippen molar-refractivity contribution in [3.05, 3.63) is 0 Å². The number of rotatable bonds is 3. The quantitative estimate of drug-likeness (QED) is 0.542. The Labute approximate surface area is 66.2 Å². The first kappa shape index (κ1) is 8.49. The van der Waals surface area contributed by atoms with E-state index in [2.05, 4.69) is 5.32 Å². The molecule has 4 nitrogen and oxygen atoms in total. The molecule has 1 saturated heterocycles. The average Bonchev–Trinajstić information content (AvgIpc) is 1.86. The number of nitrogens with zero attached hydrogens (tertiary/aromatic N) is 1. The highest BCUT2D eigenvalue weighted by Gasteiger charge is 2.30. The zero-order valence-electron chi connectivity index (χ0n) is 6.71. The predicted octanol–water partition coefficient (Wildman–Crippen LogP) is -1.20. The molecule has 0 aromatic heterocycles. The van der Waals surface area contributed by atoms with Crippen molar-refractivity contribution in [1.82, 2.24) is 10.2 Å². The van der Waals surface area contributed by atoms with Gasteiger partial charge in [-0.2, -0.15) is 0 Å². The lowest BCUT2D eigenvalue weighted by molar-refractivity contribution is -0.139. The van der Waals surface area contributed by atoms with Crippen LogP contribution >= 0.6 is 0 Å². The fraction of sp³-hybridized carbons (Fsp3) is 0.857. The molecule has 0 aromatic carbocycles. The third-order valence-corrected chi connectivity index (χ3v) is 2.00. The van der Waals surface area contributed by atoms with Gasteiger partial charge in [0.25, 0.3) is 0 Å². The molecule has 0 aromatic rings. The first-order valence-corrected chi connectivity index (χ1v) is 3.84. The molecule has 4 heteroatoms. The smallest absolute Gasteiger partial charge is 0.236 e. The first-order valence-electron chi connectivity index (χ1n) is 3.84. The van der Waals surface area contributed by atoms with Crippen LogP contribution in [0.2, 0.25) is 0 Å². The Morgan fingerprint density at radius 1 is 1.82 bits per heavy atom. The highest BCUT2D eigenvalue weighted by molar-refractivity contribution is 5.79. The van der Waals surface area contributed by atoms with Gasteiger partial charge in [-0.1, -0.05) is 0 Å². The highest BCUT2D eigenvalue weighted by atomic mass is 16.3. The molecular weight excluding hydrogens is 144 g/mol. The van der Waals surface area contributed by atoms with Gasteiger partial charge in [-0.25, -0.2) is 0 Å². The Morgan fingerprint density at radius 2 is 2.55 bits per heavy atom. The standard InChI is InChI=1S/C7H14N2O2/c1-8-4-7(11)9-3-2-6(9)5-10/h6,8,10H,2-5H2,1H3. The lowest BCUT2D eigenvalue weighted by Gasteiger charge is -2.39. The lowest BCUT2D eigenvalue weighted by Crippen LogP contribution is -2.54. The summed E-state index contributed by atoms with van der Waals surface area (Å²) in [4.78, 5) is 12.9. The Kier molecular flexibility index (Phi) is 2.84. The maximum atomic E-state index is 11.1. The van der Waals surface area contributed by atoms with Gasteiger partial charge in [0.05, 0.1) is 19.2 Å². The molecule has 0 bridgehead atoms. The van der Waals surface area contributed by atoms with Gasteiger partial charge < -0.3 is 15.3 Å². The Hall–Kier alpha value is -0.610. The van der Waals surface area contributed by atoms with E-state index in [0.717, 1.165) is 13.0 Å². The van der Waals surface area contributed by atoms with Crippen LogP contribution in [0, 0.1) is 0 Å². The van der Waals surface area contributed by atoms with E-state index in [-0.39, 0.29) is 18.6 Å². The van der Waals surface area contributed by atoms with Crippen LogP contribution in [0.5, 0.6) is 0 Å². The summed E-state index contributed by atoms with van der Waals surface area (Å²) in [5.74, 6) is 0.0813. The number of carbonyl (C=O) groups excluding carboxylic acids is 1. The fourth-order valence-corrected chi connectivity index (χ4v) is 1.21. The summed E-state index contributed by atoms with van der Waals surface area (Å²) in [5, 5.41) is 11.5. The molecule has 0 radical (unpaired) electrons. The largest absolute Gasteiger partial charge is 0.394 e. The molecule has 0 aliphatic carbocycles. The predicted molar refractivity (Wildman–Crippen MR) is 41.1 cm³/mol. The molecule has 0 saturated carbocycles. The van der Waals surface area contributed by atoms with Gasteiger partial charge in [0.15, 0.2) is 0 Å².